The number of benzene rings is 2. The Balaban J connectivity index is 1.49. The van der Waals surface area contributed by atoms with E-state index in [1.165, 1.54) is 33.3 Å². The van der Waals surface area contributed by atoms with Crippen molar-refractivity contribution in [1.82, 2.24) is 10.3 Å². The fraction of sp³-hybridized carbons (Fsp3) is 0.318. The number of H-pyrrole nitrogens is 1. The number of rotatable bonds is 3. The summed E-state index contributed by atoms with van der Waals surface area (Å²) in [4.78, 5) is 16.2. The van der Waals surface area contributed by atoms with Crippen molar-refractivity contribution in [1.29, 1.82) is 0 Å². The van der Waals surface area contributed by atoms with Gasteiger partial charge in [0.15, 0.2) is 0 Å². The third-order valence-corrected chi connectivity index (χ3v) is 5.26. The van der Waals surface area contributed by atoms with Gasteiger partial charge < -0.3 is 10.3 Å². The zero-order valence-electron chi connectivity index (χ0n) is 14.9. The molecule has 25 heavy (non-hydrogen) atoms. The molecule has 2 N–H and O–H groups in total. The highest BCUT2D eigenvalue weighted by atomic mass is 16.1. The molecule has 0 fully saturated rings. The van der Waals surface area contributed by atoms with Crippen LogP contribution in [0.3, 0.4) is 0 Å². The standard InChI is InChI=1S/C22H24N2O/c1-14-4-3-5-16(10-14)13-23-22(25)17-7-9-21-19(12-17)18-11-15(2)6-8-20(18)24-21/h3-6,8,10-11,17,24H,7,9,12-13H2,1-2H3,(H,23,25). The Labute approximate surface area is 148 Å². The Morgan fingerprint density at radius 2 is 2.00 bits per heavy atom. The van der Waals surface area contributed by atoms with Gasteiger partial charge in [-0.15, -0.1) is 0 Å². The third kappa shape index (κ3) is 3.19. The van der Waals surface area contributed by atoms with Gasteiger partial charge in [0.1, 0.15) is 0 Å². The molecule has 3 aromatic rings. The third-order valence-electron chi connectivity index (χ3n) is 5.26. The van der Waals surface area contributed by atoms with Gasteiger partial charge in [0, 0.05) is 29.1 Å². The van der Waals surface area contributed by atoms with E-state index in [9.17, 15) is 4.79 Å². The molecular weight excluding hydrogens is 308 g/mol. The number of hydrogen-bond donors (Lipinski definition) is 2. The maximum absolute atomic E-state index is 12.7. The Hall–Kier alpha value is -2.55. The largest absolute Gasteiger partial charge is 0.358 e. The fourth-order valence-electron chi connectivity index (χ4n) is 3.91. The van der Waals surface area contributed by atoms with Crippen LogP contribution >= 0.6 is 0 Å². The average molecular weight is 332 g/mol. The molecule has 3 nitrogen and oxygen atoms in total. The second kappa shape index (κ2) is 6.40. The summed E-state index contributed by atoms with van der Waals surface area (Å²) in [6.07, 6.45) is 2.70. The Morgan fingerprint density at radius 1 is 1.16 bits per heavy atom. The second-order valence-electron chi connectivity index (χ2n) is 7.28. The van der Waals surface area contributed by atoms with Crippen LogP contribution in [0, 0.1) is 19.8 Å². The monoisotopic (exact) mass is 332 g/mol. The number of carbonyl (C=O) groups is 1. The van der Waals surface area contributed by atoms with Crippen LogP contribution in [0.2, 0.25) is 0 Å². The molecule has 128 valence electrons. The summed E-state index contributed by atoms with van der Waals surface area (Å²) in [6.45, 7) is 4.80. The van der Waals surface area contributed by atoms with E-state index in [1.807, 2.05) is 6.07 Å². The zero-order chi connectivity index (χ0) is 17.4. The van der Waals surface area contributed by atoms with E-state index >= 15 is 0 Å². The van der Waals surface area contributed by atoms with Crippen molar-refractivity contribution in [2.75, 3.05) is 0 Å². The smallest absolute Gasteiger partial charge is 0.223 e. The number of hydrogen-bond acceptors (Lipinski definition) is 1. The predicted octanol–water partition coefficient (Wildman–Crippen LogP) is 4.21. The lowest BCUT2D eigenvalue weighted by Crippen LogP contribution is -2.33. The number of aromatic amines is 1. The quantitative estimate of drug-likeness (QED) is 0.741. The van der Waals surface area contributed by atoms with E-state index in [2.05, 4.69) is 60.5 Å². The van der Waals surface area contributed by atoms with Crippen LogP contribution < -0.4 is 5.32 Å². The molecular formula is C22H24N2O. The maximum atomic E-state index is 12.7. The van der Waals surface area contributed by atoms with Gasteiger partial charge >= 0.3 is 0 Å². The van der Waals surface area contributed by atoms with Gasteiger partial charge in [0.05, 0.1) is 0 Å². The number of aromatic nitrogens is 1. The van der Waals surface area contributed by atoms with Crippen LogP contribution in [0.5, 0.6) is 0 Å². The normalized spacial score (nSPS) is 16.6. The van der Waals surface area contributed by atoms with Crippen LogP contribution in [0.25, 0.3) is 10.9 Å². The topological polar surface area (TPSA) is 44.9 Å². The lowest BCUT2D eigenvalue weighted by Gasteiger charge is -2.22. The minimum atomic E-state index is 0.0665. The molecule has 1 amide bonds. The van der Waals surface area contributed by atoms with Crippen molar-refractivity contribution in [2.45, 2.75) is 39.7 Å². The lowest BCUT2D eigenvalue weighted by molar-refractivity contribution is -0.125. The SMILES string of the molecule is Cc1cccc(CNC(=O)C2CCc3[nH]c4ccc(C)cc4c3C2)c1. The summed E-state index contributed by atoms with van der Waals surface area (Å²) in [5, 5.41) is 4.41. The Bertz CT molecular complexity index is 938. The fourth-order valence-corrected chi connectivity index (χ4v) is 3.91. The Morgan fingerprint density at radius 3 is 2.84 bits per heavy atom. The van der Waals surface area contributed by atoms with E-state index in [0.717, 1.165) is 24.8 Å². The molecule has 3 heteroatoms. The van der Waals surface area contributed by atoms with Gasteiger partial charge in [0.25, 0.3) is 0 Å². The van der Waals surface area contributed by atoms with E-state index in [4.69, 9.17) is 0 Å². The molecule has 1 aliphatic carbocycles. The van der Waals surface area contributed by atoms with Crippen LogP contribution in [-0.4, -0.2) is 10.9 Å². The van der Waals surface area contributed by atoms with Crippen molar-refractivity contribution >= 4 is 16.8 Å². The van der Waals surface area contributed by atoms with Crippen molar-refractivity contribution in [3.63, 3.8) is 0 Å². The summed E-state index contributed by atoms with van der Waals surface area (Å²) >= 11 is 0. The van der Waals surface area contributed by atoms with Gasteiger partial charge in [-0.25, -0.2) is 0 Å². The van der Waals surface area contributed by atoms with Gasteiger partial charge in [-0.2, -0.15) is 0 Å². The minimum absolute atomic E-state index is 0.0665. The second-order valence-corrected chi connectivity index (χ2v) is 7.28. The molecule has 1 heterocycles. The van der Waals surface area contributed by atoms with E-state index < -0.39 is 0 Å². The molecule has 0 saturated carbocycles. The average Bonchev–Trinajstić information content (AvgIpc) is 2.97. The lowest BCUT2D eigenvalue weighted by atomic mass is 9.85. The molecule has 1 unspecified atom stereocenters. The number of fused-ring (bicyclic) bond motifs is 3. The molecule has 0 saturated heterocycles. The summed E-state index contributed by atoms with van der Waals surface area (Å²) in [5.74, 6) is 0.242. The minimum Gasteiger partial charge on any atom is -0.358 e. The van der Waals surface area contributed by atoms with Gasteiger partial charge in [-0.1, -0.05) is 41.5 Å². The first-order valence-corrected chi connectivity index (χ1v) is 9.03. The predicted molar refractivity (Wildman–Crippen MR) is 102 cm³/mol. The molecule has 1 aliphatic rings. The molecule has 0 radical (unpaired) electrons. The number of aryl methyl sites for hydroxylation is 3. The van der Waals surface area contributed by atoms with E-state index in [0.29, 0.717) is 6.54 Å². The van der Waals surface area contributed by atoms with E-state index in [-0.39, 0.29) is 11.8 Å². The summed E-state index contributed by atoms with van der Waals surface area (Å²) in [5.41, 5.74) is 7.48. The van der Waals surface area contributed by atoms with Crippen molar-refractivity contribution in [2.24, 2.45) is 5.92 Å². The van der Waals surface area contributed by atoms with Crippen LogP contribution in [0.15, 0.2) is 42.5 Å². The van der Waals surface area contributed by atoms with Crippen molar-refractivity contribution < 1.29 is 4.79 Å². The highest BCUT2D eigenvalue weighted by Crippen LogP contribution is 2.32. The molecule has 4 rings (SSSR count). The number of amides is 1. The summed E-state index contributed by atoms with van der Waals surface area (Å²) in [6, 6.07) is 14.8. The molecule has 1 aromatic heterocycles. The van der Waals surface area contributed by atoms with Gasteiger partial charge in [-0.3, -0.25) is 4.79 Å². The number of carbonyl (C=O) groups excluding carboxylic acids is 1. The molecule has 0 bridgehead atoms. The van der Waals surface area contributed by atoms with Crippen molar-refractivity contribution in [3.8, 4) is 0 Å². The van der Waals surface area contributed by atoms with E-state index in [1.54, 1.807) is 0 Å². The highest BCUT2D eigenvalue weighted by Gasteiger charge is 2.27. The molecule has 0 spiro atoms. The van der Waals surface area contributed by atoms with Crippen molar-refractivity contribution in [3.05, 3.63) is 70.4 Å². The highest BCUT2D eigenvalue weighted by molar-refractivity contribution is 5.87. The molecule has 1 atom stereocenters. The van der Waals surface area contributed by atoms with Gasteiger partial charge in [-0.05, 0) is 56.4 Å². The first-order valence-electron chi connectivity index (χ1n) is 9.03. The molecule has 2 aromatic carbocycles. The number of nitrogens with one attached hydrogen (secondary N) is 2. The van der Waals surface area contributed by atoms with Gasteiger partial charge in [0.2, 0.25) is 5.91 Å². The van der Waals surface area contributed by atoms with Crippen LogP contribution in [-0.2, 0) is 24.2 Å². The van der Waals surface area contributed by atoms with Crippen LogP contribution in [0.4, 0.5) is 0 Å². The summed E-state index contributed by atoms with van der Waals surface area (Å²) in [7, 11) is 0. The van der Waals surface area contributed by atoms with Crippen LogP contribution in [0.1, 0.15) is 34.4 Å². The summed E-state index contributed by atoms with van der Waals surface area (Å²) < 4.78 is 0. The Kier molecular flexibility index (Phi) is 4.08. The zero-order valence-corrected chi connectivity index (χ0v) is 14.9. The first-order chi connectivity index (χ1) is 12.1. The maximum Gasteiger partial charge on any atom is 0.223 e. The molecule has 0 aliphatic heterocycles. The first kappa shape index (κ1) is 15.9.